The Labute approximate surface area is 119 Å². The van der Waals surface area contributed by atoms with Gasteiger partial charge in [-0.3, -0.25) is 9.69 Å². The van der Waals surface area contributed by atoms with E-state index >= 15 is 0 Å². The summed E-state index contributed by atoms with van der Waals surface area (Å²) in [5, 5.41) is 18.5. The first-order valence-corrected chi connectivity index (χ1v) is 6.81. The van der Waals surface area contributed by atoms with Crippen molar-refractivity contribution in [2.45, 2.75) is 39.8 Å². The predicted octanol–water partition coefficient (Wildman–Crippen LogP) is 2.42. The molecule has 2 rings (SSSR count). The van der Waals surface area contributed by atoms with Gasteiger partial charge in [0.15, 0.2) is 0 Å². The van der Waals surface area contributed by atoms with Gasteiger partial charge in [-0.25, -0.2) is 0 Å². The van der Waals surface area contributed by atoms with Crippen LogP contribution in [0.5, 0.6) is 0 Å². The Hall–Kier alpha value is -1.86. The summed E-state index contributed by atoms with van der Waals surface area (Å²) in [7, 11) is 0. The third-order valence-electron chi connectivity index (χ3n) is 3.80. The molecule has 0 radical (unpaired) electrons. The summed E-state index contributed by atoms with van der Waals surface area (Å²) < 4.78 is 0. The highest BCUT2D eigenvalue weighted by Crippen LogP contribution is 2.29. The standard InChI is InChI=1S/C16H20N2O2/c1-16(2,3)14(15(19)20)18-7-6-12-5-4-11(9-17)8-13(12)10-18/h4-5,8,14H,6-7,10H2,1-3H3,(H,19,20). The van der Waals surface area contributed by atoms with Gasteiger partial charge >= 0.3 is 5.97 Å². The second-order valence-corrected chi connectivity index (χ2v) is 6.42. The smallest absolute Gasteiger partial charge is 0.321 e. The molecule has 1 N–H and O–H groups in total. The molecule has 1 atom stereocenters. The fourth-order valence-corrected chi connectivity index (χ4v) is 2.94. The first kappa shape index (κ1) is 14.5. The third-order valence-corrected chi connectivity index (χ3v) is 3.80. The van der Waals surface area contributed by atoms with E-state index < -0.39 is 12.0 Å². The maximum atomic E-state index is 11.6. The number of hydrogen-bond donors (Lipinski definition) is 1. The monoisotopic (exact) mass is 272 g/mol. The van der Waals surface area contributed by atoms with E-state index in [1.165, 1.54) is 5.56 Å². The Kier molecular flexibility index (Phi) is 3.82. The number of carboxylic acids is 1. The number of nitrogens with zero attached hydrogens (tertiary/aromatic N) is 2. The molecule has 0 saturated heterocycles. The highest BCUT2D eigenvalue weighted by molar-refractivity contribution is 5.74. The molecule has 1 aliphatic rings. The fourth-order valence-electron chi connectivity index (χ4n) is 2.94. The number of nitriles is 1. The molecule has 1 aliphatic heterocycles. The Morgan fingerprint density at radius 2 is 2.10 bits per heavy atom. The van der Waals surface area contributed by atoms with Crippen molar-refractivity contribution >= 4 is 5.97 Å². The van der Waals surface area contributed by atoms with Gasteiger partial charge in [-0.2, -0.15) is 5.26 Å². The zero-order valence-corrected chi connectivity index (χ0v) is 12.2. The molecule has 1 aromatic carbocycles. The molecule has 0 aromatic heterocycles. The van der Waals surface area contributed by atoms with Crippen molar-refractivity contribution in [3.8, 4) is 6.07 Å². The van der Waals surface area contributed by atoms with Crippen LogP contribution in [0.1, 0.15) is 37.5 Å². The van der Waals surface area contributed by atoms with Gasteiger partial charge in [0, 0.05) is 13.1 Å². The largest absolute Gasteiger partial charge is 0.480 e. The summed E-state index contributed by atoms with van der Waals surface area (Å²) in [6.45, 7) is 7.19. The quantitative estimate of drug-likeness (QED) is 0.898. The number of rotatable bonds is 2. The molecule has 4 nitrogen and oxygen atoms in total. The van der Waals surface area contributed by atoms with Crippen LogP contribution in [0.15, 0.2) is 18.2 Å². The van der Waals surface area contributed by atoms with Gasteiger partial charge in [0.25, 0.3) is 0 Å². The second kappa shape index (κ2) is 5.26. The normalized spacial score (nSPS) is 17.1. The van der Waals surface area contributed by atoms with Gasteiger partial charge in [-0.15, -0.1) is 0 Å². The molecule has 1 heterocycles. The SMILES string of the molecule is CC(C)(C)C(C(=O)O)N1CCc2ccc(C#N)cc2C1. The topological polar surface area (TPSA) is 64.3 Å². The van der Waals surface area contributed by atoms with Crippen molar-refractivity contribution < 1.29 is 9.90 Å². The highest BCUT2D eigenvalue weighted by Gasteiger charge is 2.37. The van der Waals surface area contributed by atoms with Crippen LogP contribution in [0.2, 0.25) is 0 Å². The summed E-state index contributed by atoms with van der Waals surface area (Å²) in [4.78, 5) is 13.6. The Bertz CT molecular complexity index is 567. The lowest BCUT2D eigenvalue weighted by atomic mass is 9.84. The first-order chi connectivity index (χ1) is 9.32. The molecule has 0 fully saturated rings. The van der Waals surface area contributed by atoms with Crippen LogP contribution < -0.4 is 0 Å². The summed E-state index contributed by atoms with van der Waals surface area (Å²) in [5.41, 5.74) is 2.60. The molecule has 1 aromatic rings. The van der Waals surface area contributed by atoms with E-state index in [9.17, 15) is 9.90 Å². The number of aliphatic carboxylic acids is 1. The number of fused-ring (bicyclic) bond motifs is 1. The van der Waals surface area contributed by atoms with Gasteiger partial charge in [0.05, 0.1) is 11.6 Å². The molecule has 0 spiro atoms. The van der Waals surface area contributed by atoms with Gasteiger partial charge in [-0.05, 0) is 35.1 Å². The molecule has 106 valence electrons. The zero-order valence-electron chi connectivity index (χ0n) is 12.2. The van der Waals surface area contributed by atoms with Gasteiger partial charge in [0.2, 0.25) is 0 Å². The lowest BCUT2D eigenvalue weighted by Crippen LogP contribution is -2.51. The number of hydrogen-bond acceptors (Lipinski definition) is 3. The van der Waals surface area contributed by atoms with E-state index in [-0.39, 0.29) is 5.41 Å². The van der Waals surface area contributed by atoms with Crippen LogP contribution in [0.3, 0.4) is 0 Å². The molecular weight excluding hydrogens is 252 g/mol. The van der Waals surface area contributed by atoms with Crippen LogP contribution in [0.4, 0.5) is 0 Å². The van der Waals surface area contributed by atoms with E-state index in [4.69, 9.17) is 5.26 Å². The van der Waals surface area contributed by atoms with Crippen LogP contribution in [0.25, 0.3) is 0 Å². The van der Waals surface area contributed by atoms with E-state index in [2.05, 4.69) is 6.07 Å². The molecule has 1 unspecified atom stereocenters. The molecule has 0 amide bonds. The van der Waals surface area contributed by atoms with Crippen LogP contribution in [-0.4, -0.2) is 28.6 Å². The van der Waals surface area contributed by atoms with E-state index in [1.807, 2.05) is 43.9 Å². The lowest BCUT2D eigenvalue weighted by molar-refractivity contribution is -0.148. The highest BCUT2D eigenvalue weighted by atomic mass is 16.4. The third kappa shape index (κ3) is 2.83. The number of carbonyl (C=O) groups is 1. The molecule has 0 saturated carbocycles. The Morgan fingerprint density at radius 1 is 1.40 bits per heavy atom. The minimum atomic E-state index is -0.780. The Morgan fingerprint density at radius 3 is 2.65 bits per heavy atom. The van der Waals surface area contributed by atoms with Crippen molar-refractivity contribution in [1.29, 1.82) is 5.26 Å². The summed E-state index contributed by atoms with van der Waals surface area (Å²) in [6.07, 6.45) is 0.834. The zero-order chi connectivity index (χ0) is 14.9. The summed E-state index contributed by atoms with van der Waals surface area (Å²) in [5.74, 6) is -0.780. The van der Waals surface area contributed by atoms with Crippen molar-refractivity contribution in [1.82, 2.24) is 4.90 Å². The van der Waals surface area contributed by atoms with Crippen LogP contribution in [-0.2, 0) is 17.8 Å². The van der Waals surface area contributed by atoms with Crippen molar-refractivity contribution in [3.63, 3.8) is 0 Å². The minimum Gasteiger partial charge on any atom is -0.480 e. The lowest BCUT2D eigenvalue weighted by Gasteiger charge is -2.39. The van der Waals surface area contributed by atoms with Gasteiger partial charge < -0.3 is 5.11 Å². The molecule has 4 heteroatoms. The molecular formula is C16H20N2O2. The minimum absolute atomic E-state index is 0.323. The van der Waals surface area contributed by atoms with E-state index in [1.54, 1.807) is 0 Å². The first-order valence-electron chi connectivity index (χ1n) is 6.81. The van der Waals surface area contributed by atoms with Crippen molar-refractivity contribution in [3.05, 3.63) is 34.9 Å². The van der Waals surface area contributed by atoms with Crippen molar-refractivity contribution in [2.75, 3.05) is 6.54 Å². The van der Waals surface area contributed by atoms with Crippen LogP contribution >= 0.6 is 0 Å². The molecule has 0 aliphatic carbocycles. The van der Waals surface area contributed by atoms with Crippen LogP contribution in [0, 0.1) is 16.7 Å². The number of benzene rings is 1. The van der Waals surface area contributed by atoms with Gasteiger partial charge in [0.1, 0.15) is 6.04 Å². The molecule has 0 bridgehead atoms. The summed E-state index contributed by atoms with van der Waals surface area (Å²) in [6, 6.07) is 7.32. The fraction of sp³-hybridized carbons (Fsp3) is 0.500. The maximum absolute atomic E-state index is 11.6. The van der Waals surface area contributed by atoms with Crippen molar-refractivity contribution in [2.24, 2.45) is 5.41 Å². The van der Waals surface area contributed by atoms with E-state index in [0.717, 1.165) is 18.5 Å². The summed E-state index contributed by atoms with van der Waals surface area (Å²) >= 11 is 0. The Balaban J connectivity index is 2.30. The van der Waals surface area contributed by atoms with Gasteiger partial charge in [-0.1, -0.05) is 26.8 Å². The molecule has 20 heavy (non-hydrogen) atoms. The average molecular weight is 272 g/mol. The number of carboxylic acid groups (broad SMARTS) is 1. The predicted molar refractivity (Wildman–Crippen MR) is 76.1 cm³/mol. The second-order valence-electron chi connectivity index (χ2n) is 6.42. The maximum Gasteiger partial charge on any atom is 0.321 e. The average Bonchev–Trinajstić information content (AvgIpc) is 2.35. The van der Waals surface area contributed by atoms with E-state index in [0.29, 0.717) is 12.1 Å².